The lowest BCUT2D eigenvalue weighted by Gasteiger charge is -1.98. The van der Waals surface area contributed by atoms with Crippen molar-refractivity contribution in [1.29, 1.82) is 0 Å². The Bertz CT molecular complexity index is 784. The van der Waals surface area contributed by atoms with Crippen LogP contribution in [0.2, 0.25) is 0 Å². The molecule has 118 valence electrons. The molecule has 3 aromatic rings. The quantitative estimate of drug-likeness (QED) is 0.747. The fourth-order valence-electron chi connectivity index (χ4n) is 1.90. The summed E-state index contributed by atoms with van der Waals surface area (Å²) in [4.78, 5) is 11.9. The van der Waals surface area contributed by atoms with Crippen LogP contribution in [-0.2, 0) is 17.6 Å². The summed E-state index contributed by atoms with van der Waals surface area (Å²) in [5.74, 6) is 0.742. The molecule has 0 fully saturated rings. The Kier molecular flexibility index (Phi) is 4.72. The number of amides is 1. The molecule has 0 aliphatic rings. The van der Waals surface area contributed by atoms with Gasteiger partial charge in [0.05, 0.1) is 0 Å². The predicted octanol–water partition coefficient (Wildman–Crippen LogP) is 2.72. The smallest absolute Gasteiger partial charge is 0.247 e. The van der Waals surface area contributed by atoms with Gasteiger partial charge in [-0.1, -0.05) is 36.5 Å². The van der Waals surface area contributed by atoms with Crippen molar-refractivity contribution in [3.05, 3.63) is 41.2 Å². The van der Waals surface area contributed by atoms with Crippen LogP contribution in [0.1, 0.15) is 24.2 Å². The number of nitrogens with zero attached hydrogens (tertiary/aromatic N) is 4. The largest absolute Gasteiger partial charge is 0.421 e. The number of carbonyl (C=O) groups excluding carboxylic acids is 1. The van der Waals surface area contributed by atoms with E-state index in [1.165, 1.54) is 11.3 Å². The van der Waals surface area contributed by atoms with Gasteiger partial charge in [0.25, 0.3) is 0 Å². The number of benzene rings is 1. The molecule has 7 nitrogen and oxygen atoms in total. The van der Waals surface area contributed by atoms with Crippen LogP contribution >= 0.6 is 11.3 Å². The highest BCUT2D eigenvalue weighted by Gasteiger charge is 2.12. The molecule has 0 atom stereocenters. The number of rotatable bonds is 6. The molecular formula is C15H15N5O2S. The lowest BCUT2D eigenvalue weighted by Crippen LogP contribution is -2.12. The Balaban J connectivity index is 1.54. The molecule has 2 heterocycles. The summed E-state index contributed by atoms with van der Waals surface area (Å²) in [6.07, 6.45) is 1.43. The monoisotopic (exact) mass is 329 g/mol. The summed E-state index contributed by atoms with van der Waals surface area (Å²) in [6, 6.07) is 9.51. The zero-order chi connectivity index (χ0) is 16.1. The number of anilines is 1. The molecule has 0 spiro atoms. The van der Waals surface area contributed by atoms with E-state index in [4.69, 9.17) is 4.42 Å². The Hall–Kier alpha value is -2.61. The Morgan fingerprint density at radius 3 is 2.74 bits per heavy atom. The number of aryl methyl sites for hydroxylation is 2. The summed E-state index contributed by atoms with van der Waals surface area (Å²) in [5.41, 5.74) is 0.858. The molecule has 1 amide bonds. The molecule has 0 saturated heterocycles. The maximum absolute atomic E-state index is 11.9. The van der Waals surface area contributed by atoms with Crippen molar-refractivity contribution in [1.82, 2.24) is 20.4 Å². The van der Waals surface area contributed by atoms with E-state index in [0.29, 0.717) is 23.3 Å². The first-order valence-corrected chi connectivity index (χ1v) is 8.06. The van der Waals surface area contributed by atoms with Gasteiger partial charge in [0.2, 0.25) is 22.8 Å². The van der Waals surface area contributed by atoms with E-state index < -0.39 is 0 Å². The molecule has 0 bridgehead atoms. The first kappa shape index (κ1) is 15.3. The zero-order valence-corrected chi connectivity index (χ0v) is 13.3. The Morgan fingerprint density at radius 2 is 2.00 bits per heavy atom. The SMILES string of the molecule is CCc1nnc(NC(=O)CCc2nnc(-c3ccccc3)o2)s1. The number of carbonyl (C=O) groups is 1. The number of nitrogens with one attached hydrogen (secondary N) is 1. The molecule has 2 aromatic heterocycles. The van der Waals surface area contributed by atoms with Crippen LogP contribution in [0.5, 0.6) is 0 Å². The van der Waals surface area contributed by atoms with Crippen LogP contribution in [0.4, 0.5) is 5.13 Å². The maximum Gasteiger partial charge on any atom is 0.247 e. The molecular weight excluding hydrogens is 314 g/mol. The fraction of sp³-hybridized carbons (Fsp3) is 0.267. The van der Waals surface area contributed by atoms with Gasteiger partial charge in [0.1, 0.15) is 5.01 Å². The lowest BCUT2D eigenvalue weighted by atomic mass is 10.2. The van der Waals surface area contributed by atoms with Crippen molar-refractivity contribution in [2.75, 3.05) is 5.32 Å². The van der Waals surface area contributed by atoms with Crippen molar-refractivity contribution in [3.63, 3.8) is 0 Å². The van der Waals surface area contributed by atoms with E-state index in [0.717, 1.165) is 17.0 Å². The fourth-order valence-corrected chi connectivity index (χ4v) is 2.60. The number of hydrogen-bond acceptors (Lipinski definition) is 7. The molecule has 8 heteroatoms. The minimum Gasteiger partial charge on any atom is -0.421 e. The lowest BCUT2D eigenvalue weighted by molar-refractivity contribution is -0.116. The Labute approximate surface area is 136 Å². The van der Waals surface area contributed by atoms with Gasteiger partial charge in [-0.3, -0.25) is 4.79 Å². The van der Waals surface area contributed by atoms with Gasteiger partial charge >= 0.3 is 0 Å². The van der Waals surface area contributed by atoms with Gasteiger partial charge in [0.15, 0.2) is 0 Å². The van der Waals surface area contributed by atoms with Gasteiger partial charge < -0.3 is 9.73 Å². The van der Waals surface area contributed by atoms with E-state index in [2.05, 4.69) is 25.7 Å². The van der Waals surface area contributed by atoms with Gasteiger partial charge in [-0.15, -0.1) is 20.4 Å². The second kappa shape index (κ2) is 7.10. The molecule has 0 unspecified atom stereocenters. The molecule has 3 rings (SSSR count). The summed E-state index contributed by atoms with van der Waals surface area (Å²) < 4.78 is 5.56. The third-order valence-corrected chi connectivity index (χ3v) is 4.05. The van der Waals surface area contributed by atoms with E-state index in [9.17, 15) is 4.79 Å². The average molecular weight is 329 g/mol. The van der Waals surface area contributed by atoms with Crippen LogP contribution in [0.15, 0.2) is 34.7 Å². The summed E-state index contributed by atoms with van der Waals surface area (Å²) >= 11 is 1.38. The van der Waals surface area contributed by atoms with Gasteiger partial charge in [-0.05, 0) is 18.6 Å². The summed E-state index contributed by atoms with van der Waals surface area (Å²) in [6.45, 7) is 1.99. The molecule has 0 radical (unpaired) electrons. The van der Waals surface area contributed by atoms with E-state index in [1.54, 1.807) is 0 Å². The first-order chi connectivity index (χ1) is 11.2. The maximum atomic E-state index is 11.9. The van der Waals surface area contributed by atoms with Crippen LogP contribution in [0.25, 0.3) is 11.5 Å². The van der Waals surface area contributed by atoms with Crippen LogP contribution in [0.3, 0.4) is 0 Å². The number of aromatic nitrogens is 4. The van der Waals surface area contributed by atoms with Gasteiger partial charge in [-0.25, -0.2) is 0 Å². The van der Waals surface area contributed by atoms with Crippen molar-refractivity contribution in [2.24, 2.45) is 0 Å². The third-order valence-electron chi connectivity index (χ3n) is 3.07. The molecule has 0 aliphatic carbocycles. The Morgan fingerprint density at radius 1 is 1.17 bits per heavy atom. The summed E-state index contributed by atoms with van der Waals surface area (Å²) in [5, 5.41) is 20.0. The zero-order valence-electron chi connectivity index (χ0n) is 12.5. The van der Waals surface area contributed by atoms with Crippen LogP contribution in [-0.4, -0.2) is 26.3 Å². The van der Waals surface area contributed by atoms with Crippen molar-refractivity contribution >= 4 is 22.4 Å². The van der Waals surface area contributed by atoms with Crippen molar-refractivity contribution < 1.29 is 9.21 Å². The highest BCUT2D eigenvalue weighted by Crippen LogP contribution is 2.18. The van der Waals surface area contributed by atoms with Crippen molar-refractivity contribution in [2.45, 2.75) is 26.2 Å². The minimum atomic E-state index is -0.150. The van der Waals surface area contributed by atoms with E-state index in [-0.39, 0.29) is 12.3 Å². The average Bonchev–Trinajstić information content (AvgIpc) is 3.23. The second-order valence-corrected chi connectivity index (χ2v) is 5.83. The van der Waals surface area contributed by atoms with Gasteiger partial charge in [0, 0.05) is 18.4 Å². The van der Waals surface area contributed by atoms with E-state index >= 15 is 0 Å². The topological polar surface area (TPSA) is 93.8 Å². The van der Waals surface area contributed by atoms with Crippen molar-refractivity contribution in [3.8, 4) is 11.5 Å². The van der Waals surface area contributed by atoms with Gasteiger partial charge in [-0.2, -0.15) is 0 Å². The predicted molar refractivity (Wildman–Crippen MR) is 86.0 cm³/mol. The standard InChI is InChI=1S/C15H15N5O2S/c1-2-13-18-20-15(23-13)16-11(21)8-9-12-17-19-14(22-12)10-6-4-3-5-7-10/h3-7H,2,8-9H2,1H3,(H,16,20,21). The highest BCUT2D eigenvalue weighted by molar-refractivity contribution is 7.15. The summed E-state index contributed by atoms with van der Waals surface area (Å²) in [7, 11) is 0. The van der Waals surface area contributed by atoms with Crippen LogP contribution < -0.4 is 5.32 Å². The van der Waals surface area contributed by atoms with Crippen LogP contribution in [0, 0.1) is 0 Å². The second-order valence-electron chi connectivity index (χ2n) is 4.77. The minimum absolute atomic E-state index is 0.150. The van der Waals surface area contributed by atoms with E-state index in [1.807, 2.05) is 37.3 Å². The molecule has 1 N–H and O–H groups in total. The molecule has 23 heavy (non-hydrogen) atoms. The highest BCUT2D eigenvalue weighted by atomic mass is 32.1. The molecule has 1 aromatic carbocycles. The number of hydrogen-bond donors (Lipinski definition) is 1. The first-order valence-electron chi connectivity index (χ1n) is 7.24. The molecule has 0 saturated carbocycles. The third kappa shape index (κ3) is 3.98. The molecule has 0 aliphatic heterocycles. The normalized spacial score (nSPS) is 10.7.